The zero-order valence-electron chi connectivity index (χ0n) is 15.7. The molecular weight excluding hydrogens is 352 g/mol. The van der Waals surface area contributed by atoms with E-state index in [2.05, 4.69) is 10.3 Å². The van der Waals surface area contributed by atoms with Gasteiger partial charge in [0.15, 0.2) is 6.10 Å². The molecule has 0 bridgehead atoms. The fourth-order valence-electron chi connectivity index (χ4n) is 2.71. The maximum Gasteiger partial charge on any atom is 0.331 e. The fraction of sp³-hybridized carbons (Fsp3) is 0.174. The molecule has 1 unspecified atom stereocenters. The normalized spacial score (nSPS) is 12.0. The van der Waals surface area contributed by atoms with E-state index in [1.807, 2.05) is 66.7 Å². The number of carbonyl (C=O) groups is 2. The summed E-state index contributed by atoms with van der Waals surface area (Å²) < 4.78 is 5.16. The second kappa shape index (κ2) is 9.46. The summed E-state index contributed by atoms with van der Waals surface area (Å²) >= 11 is 0. The van der Waals surface area contributed by atoms with E-state index < -0.39 is 12.1 Å². The average molecular weight is 374 g/mol. The number of carbonyl (C=O) groups excluding carboxylic acids is 2. The number of fused-ring (bicyclic) bond motifs is 1. The van der Waals surface area contributed by atoms with Gasteiger partial charge in [-0.25, -0.2) is 9.78 Å². The van der Waals surface area contributed by atoms with Crippen LogP contribution in [0.4, 0.5) is 0 Å². The largest absolute Gasteiger partial charge is 0.449 e. The van der Waals surface area contributed by atoms with Crippen molar-refractivity contribution in [1.29, 1.82) is 0 Å². The number of hydrogen-bond acceptors (Lipinski definition) is 4. The van der Waals surface area contributed by atoms with E-state index in [-0.39, 0.29) is 5.91 Å². The molecule has 28 heavy (non-hydrogen) atoms. The van der Waals surface area contributed by atoms with Crippen LogP contribution in [0.5, 0.6) is 0 Å². The molecule has 0 aliphatic heterocycles. The van der Waals surface area contributed by atoms with Crippen LogP contribution in [0.15, 0.2) is 72.8 Å². The molecule has 2 aromatic carbocycles. The van der Waals surface area contributed by atoms with Crippen LogP contribution in [0.25, 0.3) is 17.0 Å². The minimum absolute atomic E-state index is 0.318. The summed E-state index contributed by atoms with van der Waals surface area (Å²) in [7, 11) is 0. The number of aromatic nitrogens is 1. The van der Waals surface area contributed by atoms with Gasteiger partial charge >= 0.3 is 5.97 Å². The van der Waals surface area contributed by atoms with E-state index in [0.29, 0.717) is 12.2 Å². The Morgan fingerprint density at radius 3 is 2.61 bits per heavy atom. The monoisotopic (exact) mass is 374 g/mol. The number of para-hydroxylation sites is 1. The van der Waals surface area contributed by atoms with Crippen LogP contribution in [-0.4, -0.2) is 29.5 Å². The van der Waals surface area contributed by atoms with Gasteiger partial charge in [0, 0.05) is 18.0 Å². The van der Waals surface area contributed by atoms with Gasteiger partial charge in [-0.1, -0.05) is 54.6 Å². The third-order valence-corrected chi connectivity index (χ3v) is 4.23. The highest BCUT2D eigenvalue weighted by Crippen LogP contribution is 2.12. The molecule has 3 rings (SSSR count). The molecule has 1 atom stereocenters. The Hall–Kier alpha value is -3.47. The molecule has 5 nitrogen and oxygen atoms in total. The Bertz CT molecular complexity index is 983. The highest BCUT2D eigenvalue weighted by atomic mass is 16.5. The number of esters is 1. The molecule has 0 saturated heterocycles. The van der Waals surface area contributed by atoms with Gasteiger partial charge in [-0.2, -0.15) is 0 Å². The van der Waals surface area contributed by atoms with Crippen molar-refractivity contribution in [3.05, 3.63) is 84.1 Å². The standard InChI is InChI=1S/C23H22N2O3/c1-17(23(27)24-16-15-18-7-3-2-4-8-18)28-22(26)14-13-20-12-11-19-9-5-6-10-21(19)25-20/h2-14,17H,15-16H2,1H3,(H,24,27)/b14-13+. The topological polar surface area (TPSA) is 68.3 Å². The van der Waals surface area contributed by atoms with E-state index in [1.54, 1.807) is 13.0 Å². The summed E-state index contributed by atoms with van der Waals surface area (Å²) in [4.78, 5) is 28.5. The van der Waals surface area contributed by atoms with Gasteiger partial charge in [-0.3, -0.25) is 4.79 Å². The molecule has 142 valence electrons. The van der Waals surface area contributed by atoms with Crippen molar-refractivity contribution >= 4 is 28.9 Å². The lowest BCUT2D eigenvalue weighted by atomic mass is 10.1. The summed E-state index contributed by atoms with van der Waals surface area (Å²) in [6.07, 6.45) is 2.72. The van der Waals surface area contributed by atoms with Gasteiger partial charge in [-0.15, -0.1) is 0 Å². The van der Waals surface area contributed by atoms with E-state index in [9.17, 15) is 9.59 Å². The highest BCUT2D eigenvalue weighted by Gasteiger charge is 2.15. The minimum Gasteiger partial charge on any atom is -0.449 e. The van der Waals surface area contributed by atoms with Gasteiger partial charge in [0.25, 0.3) is 5.91 Å². The minimum atomic E-state index is -0.863. The molecule has 0 aliphatic carbocycles. The van der Waals surface area contributed by atoms with Crippen LogP contribution >= 0.6 is 0 Å². The van der Waals surface area contributed by atoms with Crippen molar-refractivity contribution in [2.75, 3.05) is 6.54 Å². The number of ether oxygens (including phenoxy) is 1. The second-order valence-electron chi connectivity index (χ2n) is 6.37. The summed E-state index contributed by atoms with van der Waals surface area (Å²) in [6, 6.07) is 21.4. The van der Waals surface area contributed by atoms with Gasteiger partial charge in [-0.05, 0) is 37.1 Å². The maximum absolute atomic E-state index is 12.1. The molecule has 1 amide bonds. The molecule has 1 aromatic heterocycles. The first kappa shape index (κ1) is 19.3. The summed E-state index contributed by atoms with van der Waals surface area (Å²) in [5, 5.41) is 3.81. The zero-order valence-corrected chi connectivity index (χ0v) is 15.7. The third-order valence-electron chi connectivity index (χ3n) is 4.23. The van der Waals surface area contributed by atoms with E-state index in [4.69, 9.17) is 4.74 Å². The molecule has 5 heteroatoms. The molecule has 1 heterocycles. The van der Waals surface area contributed by atoms with Crippen LogP contribution in [-0.2, 0) is 20.7 Å². The molecule has 0 spiro atoms. The number of pyridine rings is 1. The number of hydrogen-bond donors (Lipinski definition) is 1. The Morgan fingerprint density at radius 1 is 1.04 bits per heavy atom. The Kier molecular flexibility index (Phi) is 6.52. The van der Waals surface area contributed by atoms with Crippen LogP contribution < -0.4 is 5.32 Å². The molecule has 0 fully saturated rings. The third kappa shape index (κ3) is 5.51. The predicted octanol–water partition coefficient (Wildman–Crippen LogP) is 3.54. The highest BCUT2D eigenvalue weighted by molar-refractivity contribution is 5.90. The fourth-order valence-corrected chi connectivity index (χ4v) is 2.71. The molecule has 3 aromatic rings. The van der Waals surface area contributed by atoms with E-state index in [1.165, 1.54) is 6.08 Å². The Balaban J connectivity index is 1.47. The summed E-state index contributed by atoms with van der Waals surface area (Å²) in [5.74, 6) is -0.901. The lowest BCUT2D eigenvalue weighted by molar-refractivity contribution is -0.150. The quantitative estimate of drug-likeness (QED) is 0.507. The van der Waals surface area contributed by atoms with Gasteiger partial charge in [0.2, 0.25) is 0 Å². The van der Waals surface area contributed by atoms with Crippen molar-refractivity contribution in [2.24, 2.45) is 0 Å². The number of benzene rings is 2. The van der Waals surface area contributed by atoms with Crippen molar-refractivity contribution in [1.82, 2.24) is 10.3 Å². The number of rotatable bonds is 7. The van der Waals surface area contributed by atoms with Crippen LogP contribution in [0.2, 0.25) is 0 Å². The van der Waals surface area contributed by atoms with Crippen molar-refractivity contribution in [3.8, 4) is 0 Å². The van der Waals surface area contributed by atoms with Crippen LogP contribution in [0.1, 0.15) is 18.2 Å². The van der Waals surface area contributed by atoms with Gasteiger partial charge in [0.05, 0.1) is 11.2 Å². The van der Waals surface area contributed by atoms with E-state index in [0.717, 1.165) is 22.9 Å². The molecule has 1 N–H and O–H groups in total. The first-order valence-corrected chi connectivity index (χ1v) is 9.18. The molecule has 0 aliphatic rings. The van der Waals surface area contributed by atoms with Crippen LogP contribution in [0.3, 0.4) is 0 Å². The predicted molar refractivity (Wildman–Crippen MR) is 109 cm³/mol. The number of nitrogens with zero attached hydrogens (tertiary/aromatic N) is 1. The zero-order chi connectivity index (χ0) is 19.8. The first-order valence-electron chi connectivity index (χ1n) is 9.18. The maximum atomic E-state index is 12.1. The van der Waals surface area contributed by atoms with Crippen molar-refractivity contribution < 1.29 is 14.3 Å². The molecule has 0 radical (unpaired) electrons. The number of amides is 1. The molecular formula is C23H22N2O3. The average Bonchev–Trinajstić information content (AvgIpc) is 2.72. The summed E-state index contributed by atoms with van der Waals surface area (Å²) in [6.45, 7) is 2.04. The lowest BCUT2D eigenvalue weighted by Crippen LogP contribution is -2.36. The van der Waals surface area contributed by atoms with Crippen molar-refractivity contribution in [3.63, 3.8) is 0 Å². The van der Waals surface area contributed by atoms with E-state index >= 15 is 0 Å². The lowest BCUT2D eigenvalue weighted by Gasteiger charge is -2.12. The second-order valence-corrected chi connectivity index (χ2v) is 6.37. The molecule has 0 saturated carbocycles. The Morgan fingerprint density at radius 2 is 1.79 bits per heavy atom. The van der Waals surface area contributed by atoms with Crippen LogP contribution in [0, 0.1) is 0 Å². The summed E-state index contributed by atoms with van der Waals surface area (Å²) in [5.41, 5.74) is 2.64. The number of nitrogens with one attached hydrogen (secondary N) is 1. The SMILES string of the molecule is CC(OC(=O)/C=C/c1ccc2ccccc2n1)C(=O)NCCc1ccccc1. The Labute approximate surface area is 164 Å². The first-order chi connectivity index (χ1) is 13.6. The smallest absolute Gasteiger partial charge is 0.331 e. The van der Waals surface area contributed by atoms with Crippen molar-refractivity contribution in [2.45, 2.75) is 19.4 Å². The van der Waals surface area contributed by atoms with Gasteiger partial charge in [0.1, 0.15) is 0 Å². The van der Waals surface area contributed by atoms with Gasteiger partial charge < -0.3 is 10.1 Å².